The van der Waals surface area contributed by atoms with Crippen molar-refractivity contribution < 1.29 is 14.6 Å². The van der Waals surface area contributed by atoms with Gasteiger partial charge in [0, 0.05) is 6.61 Å². The predicted molar refractivity (Wildman–Crippen MR) is 44.9 cm³/mol. The molecule has 0 aromatic rings. The molecular formula is C9H12O3. The number of carboxylic acid groups (broad SMARTS) is 1. The van der Waals surface area contributed by atoms with E-state index < -0.39 is 5.97 Å². The highest BCUT2D eigenvalue weighted by molar-refractivity contribution is 5.90. The van der Waals surface area contributed by atoms with Crippen molar-refractivity contribution in [2.24, 2.45) is 0 Å². The summed E-state index contributed by atoms with van der Waals surface area (Å²) >= 11 is 0. The van der Waals surface area contributed by atoms with E-state index in [2.05, 4.69) is 0 Å². The first-order valence-electron chi connectivity index (χ1n) is 3.97. The minimum absolute atomic E-state index is 0.0538. The maximum atomic E-state index is 10.5. The highest BCUT2D eigenvalue weighted by Gasteiger charge is 2.11. The van der Waals surface area contributed by atoms with Crippen molar-refractivity contribution in [3.05, 3.63) is 23.8 Å². The van der Waals surface area contributed by atoms with Crippen molar-refractivity contribution in [3.8, 4) is 0 Å². The van der Waals surface area contributed by atoms with Gasteiger partial charge in [0.15, 0.2) is 0 Å². The Balaban J connectivity index is 2.49. The molecule has 0 aliphatic heterocycles. The normalized spacial score (nSPS) is 22.1. The summed E-state index contributed by atoms with van der Waals surface area (Å²) in [7, 11) is 0. The Morgan fingerprint density at radius 2 is 2.58 bits per heavy atom. The average molecular weight is 168 g/mol. The fourth-order valence-electron chi connectivity index (χ4n) is 1.10. The summed E-state index contributed by atoms with van der Waals surface area (Å²) in [6.45, 7) is 2.58. The summed E-state index contributed by atoms with van der Waals surface area (Å²) < 4.78 is 5.29. The van der Waals surface area contributed by atoms with Crippen molar-refractivity contribution in [2.75, 3.05) is 6.61 Å². The Morgan fingerprint density at radius 3 is 3.00 bits per heavy atom. The summed E-state index contributed by atoms with van der Waals surface area (Å²) in [5.41, 5.74) is 0.353. The molecule has 1 rings (SSSR count). The summed E-state index contributed by atoms with van der Waals surface area (Å²) in [6.07, 6.45) is 5.77. The second kappa shape index (κ2) is 4.07. The Bertz CT molecular complexity index is 228. The number of carboxylic acids is 1. The van der Waals surface area contributed by atoms with E-state index in [1.165, 1.54) is 0 Å². The molecule has 1 aliphatic carbocycles. The van der Waals surface area contributed by atoms with E-state index in [9.17, 15) is 4.79 Å². The summed E-state index contributed by atoms with van der Waals surface area (Å²) in [4.78, 5) is 10.5. The van der Waals surface area contributed by atoms with Crippen LogP contribution in [0, 0.1) is 0 Å². The van der Waals surface area contributed by atoms with Gasteiger partial charge in [-0.05, 0) is 19.4 Å². The van der Waals surface area contributed by atoms with Gasteiger partial charge in [-0.2, -0.15) is 0 Å². The molecule has 1 atom stereocenters. The van der Waals surface area contributed by atoms with Gasteiger partial charge in [-0.1, -0.05) is 12.2 Å². The first kappa shape index (κ1) is 9.00. The number of rotatable bonds is 3. The molecule has 0 aromatic heterocycles. The Labute approximate surface area is 71.3 Å². The van der Waals surface area contributed by atoms with E-state index in [0.29, 0.717) is 18.6 Å². The number of ether oxygens (including phenoxy) is 1. The van der Waals surface area contributed by atoms with Gasteiger partial charge < -0.3 is 9.84 Å². The first-order valence-corrected chi connectivity index (χ1v) is 3.97. The van der Waals surface area contributed by atoms with Gasteiger partial charge in [-0.3, -0.25) is 0 Å². The van der Waals surface area contributed by atoms with E-state index >= 15 is 0 Å². The fourth-order valence-corrected chi connectivity index (χ4v) is 1.10. The molecule has 0 fully saturated rings. The van der Waals surface area contributed by atoms with Crippen molar-refractivity contribution in [1.29, 1.82) is 0 Å². The molecule has 0 aromatic carbocycles. The van der Waals surface area contributed by atoms with Crippen LogP contribution in [0.3, 0.4) is 0 Å². The lowest BCUT2D eigenvalue weighted by molar-refractivity contribution is -0.132. The van der Waals surface area contributed by atoms with Crippen molar-refractivity contribution in [1.82, 2.24) is 0 Å². The van der Waals surface area contributed by atoms with Crippen LogP contribution >= 0.6 is 0 Å². The third-order valence-corrected chi connectivity index (χ3v) is 1.69. The van der Waals surface area contributed by atoms with Crippen LogP contribution in [0.1, 0.15) is 13.3 Å². The zero-order chi connectivity index (χ0) is 8.97. The SMILES string of the molecule is CCOC1C=CC(C(=O)O)=CC1. The lowest BCUT2D eigenvalue weighted by Gasteiger charge is -2.13. The van der Waals surface area contributed by atoms with E-state index in [4.69, 9.17) is 9.84 Å². The molecule has 0 saturated heterocycles. The molecule has 12 heavy (non-hydrogen) atoms. The monoisotopic (exact) mass is 168 g/mol. The molecule has 1 unspecified atom stereocenters. The second-order valence-electron chi connectivity index (χ2n) is 2.55. The smallest absolute Gasteiger partial charge is 0.335 e. The second-order valence-corrected chi connectivity index (χ2v) is 2.55. The summed E-state index contributed by atoms with van der Waals surface area (Å²) in [5.74, 6) is -0.874. The highest BCUT2D eigenvalue weighted by atomic mass is 16.5. The molecule has 0 amide bonds. The topological polar surface area (TPSA) is 46.5 Å². The molecule has 3 heteroatoms. The molecule has 3 nitrogen and oxygen atoms in total. The number of aliphatic carboxylic acids is 1. The lowest BCUT2D eigenvalue weighted by Crippen LogP contribution is -2.13. The maximum absolute atomic E-state index is 10.5. The number of hydrogen-bond acceptors (Lipinski definition) is 2. The van der Waals surface area contributed by atoms with Crippen LogP contribution in [-0.4, -0.2) is 23.8 Å². The van der Waals surface area contributed by atoms with Crippen LogP contribution in [0.2, 0.25) is 0 Å². The van der Waals surface area contributed by atoms with Gasteiger partial charge in [0.1, 0.15) is 0 Å². The van der Waals surface area contributed by atoms with Crippen molar-refractivity contribution in [2.45, 2.75) is 19.4 Å². The van der Waals surface area contributed by atoms with Crippen LogP contribution in [0.25, 0.3) is 0 Å². The van der Waals surface area contributed by atoms with Crippen molar-refractivity contribution in [3.63, 3.8) is 0 Å². The molecule has 0 radical (unpaired) electrons. The largest absolute Gasteiger partial charge is 0.478 e. The first-order chi connectivity index (χ1) is 5.74. The van der Waals surface area contributed by atoms with Gasteiger partial charge in [-0.25, -0.2) is 4.79 Å². The van der Waals surface area contributed by atoms with Crippen LogP contribution < -0.4 is 0 Å². The van der Waals surface area contributed by atoms with E-state index in [0.717, 1.165) is 0 Å². The average Bonchev–Trinajstić information content (AvgIpc) is 2.06. The van der Waals surface area contributed by atoms with Gasteiger partial charge >= 0.3 is 5.97 Å². The zero-order valence-corrected chi connectivity index (χ0v) is 6.99. The summed E-state index contributed by atoms with van der Waals surface area (Å²) in [5, 5.41) is 8.59. The van der Waals surface area contributed by atoms with Gasteiger partial charge in [-0.15, -0.1) is 0 Å². The molecule has 0 bridgehead atoms. The zero-order valence-electron chi connectivity index (χ0n) is 6.99. The third kappa shape index (κ3) is 2.20. The fraction of sp³-hybridized carbons (Fsp3) is 0.444. The minimum atomic E-state index is -0.874. The third-order valence-electron chi connectivity index (χ3n) is 1.69. The van der Waals surface area contributed by atoms with E-state index in [-0.39, 0.29) is 6.10 Å². The number of carbonyl (C=O) groups is 1. The Morgan fingerprint density at radius 1 is 1.83 bits per heavy atom. The molecule has 66 valence electrons. The summed E-state index contributed by atoms with van der Waals surface area (Å²) in [6, 6.07) is 0. The Kier molecular flexibility index (Phi) is 3.05. The quantitative estimate of drug-likeness (QED) is 0.692. The van der Waals surface area contributed by atoms with Gasteiger partial charge in [0.05, 0.1) is 11.7 Å². The predicted octanol–water partition coefficient (Wildman–Crippen LogP) is 1.36. The lowest BCUT2D eigenvalue weighted by atomic mass is 10.1. The van der Waals surface area contributed by atoms with E-state index in [1.54, 1.807) is 18.2 Å². The molecular weight excluding hydrogens is 156 g/mol. The Hall–Kier alpha value is -1.09. The van der Waals surface area contributed by atoms with Crippen LogP contribution in [0.4, 0.5) is 0 Å². The number of hydrogen-bond donors (Lipinski definition) is 1. The van der Waals surface area contributed by atoms with Gasteiger partial charge in [0.2, 0.25) is 0 Å². The van der Waals surface area contributed by atoms with E-state index in [1.807, 2.05) is 6.92 Å². The standard InChI is InChI=1S/C9H12O3/c1-2-12-8-5-3-7(4-6-8)9(10)11/h3-5,8H,2,6H2,1H3,(H,10,11). The molecule has 0 heterocycles. The molecule has 0 saturated carbocycles. The van der Waals surface area contributed by atoms with Crippen LogP contribution in [-0.2, 0) is 9.53 Å². The molecule has 0 spiro atoms. The molecule has 1 N–H and O–H groups in total. The van der Waals surface area contributed by atoms with Crippen LogP contribution in [0.15, 0.2) is 23.8 Å². The van der Waals surface area contributed by atoms with Crippen LogP contribution in [0.5, 0.6) is 0 Å². The van der Waals surface area contributed by atoms with Crippen molar-refractivity contribution >= 4 is 5.97 Å². The minimum Gasteiger partial charge on any atom is -0.478 e. The highest BCUT2D eigenvalue weighted by Crippen LogP contribution is 2.13. The van der Waals surface area contributed by atoms with Gasteiger partial charge in [0.25, 0.3) is 0 Å². The molecule has 1 aliphatic rings. The maximum Gasteiger partial charge on any atom is 0.335 e.